The summed E-state index contributed by atoms with van der Waals surface area (Å²) in [4.78, 5) is 2.30. The van der Waals surface area contributed by atoms with Crippen LogP contribution in [0.2, 0.25) is 5.15 Å². The van der Waals surface area contributed by atoms with Crippen LogP contribution < -0.4 is 5.73 Å². The zero-order chi connectivity index (χ0) is 14.5. The van der Waals surface area contributed by atoms with Crippen LogP contribution in [0.1, 0.15) is 16.8 Å². The van der Waals surface area contributed by atoms with E-state index in [4.69, 9.17) is 17.3 Å². The average Bonchev–Trinajstić information content (AvgIpc) is 2.67. The molecule has 1 aromatic heterocycles. The smallest absolute Gasteiger partial charge is 0.131 e. The minimum absolute atomic E-state index is 0.629. The Morgan fingerprint density at radius 1 is 1.25 bits per heavy atom. The maximum atomic E-state index is 6.30. The lowest BCUT2D eigenvalue weighted by atomic mass is 10.2. The summed E-state index contributed by atoms with van der Waals surface area (Å²) in [6.45, 7) is 5.08. The summed E-state index contributed by atoms with van der Waals surface area (Å²) in [6.07, 6.45) is 0. The van der Waals surface area contributed by atoms with Crippen LogP contribution in [-0.2, 0) is 20.1 Å². The third kappa shape index (κ3) is 3.60. The first-order valence-electron chi connectivity index (χ1n) is 6.76. The zero-order valence-corrected chi connectivity index (χ0v) is 12.8. The van der Waals surface area contributed by atoms with Gasteiger partial charge in [0, 0.05) is 38.8 Å². The van der Waals surface area contributed by atoms with E-state index in [1.54, 1.807) is 4.68 Å². The highest BCUT2D eigenvalue weighted by atomic mass is 35.5. The number of aromatic nitrogens is 2. The van der Waals surface area contributed by atoms with Crippen molar-refractivity contribution in [2.75, 3.05) is 13.1 Å². The Hall–Kier alpha value is -1.36. The molecule has 2 N–H and O–H groups in total. The van der Waals surface area contributed by atoms with Crippen molar-refractivity contribution in [3.63, 3.8) is 0 Å². The molecule has 0 bridgehead atoms. The molecule has 0 unspecified atom stereocenters. The molecule has 1 heterocycles. The number of aryl methyl sites for hydroxylation is 2. The molecule has 5 heteroatoms. The molecule has 2 aromatic rings. The Balaban J connectivity index is 2.13. The van der Waals surface area contributed by atoms with Crippen molar-refractivity contribution in [2.45, 2.75) is 20.0 Å². The number of rotatable bonds is 6. The minimum Gasteiger partial charge on any atom is -0.329 e. The molecule has 0 spiro atoms. The van der Waals surface area contributed by atoms with Gasteiger partial charge in [-0.05, 0) is 12.5 Å². The number of nitrogens with two attached hydrogens (primary N) is 1. The molecule has 0 aliphatic carbocycles. The monoisotopic (exact) mass is 292 g/mol. The highest BCUT2D eigenvalue weighted by Gasteiger charge is 2.15. The molecule has 0 aliphatic heterocycles. The molecule has 0 saturated carbocycles. The van der Waals surface area contributed by atoms with Gasteiger partial charge in [-0.25, -0.2) is 0 Å². The van der Waals surface area contributed by atoms with Gasteiger partial charge in [0.2, 0.25) is 0 Å². The molecule has 20 heavy (non-hydrogen) atoms. The van der Waals surface area contributed by atoms with Gasteiger partial charge in [-0.2, -0.15) is 5.10 Å². The third-order valence-electron chi connectivity index (χ3n) is 3.35. The van der Waals surface area contributed by atoms with Crippen LogP contribution in [0.5, 0.6) is 0 Å². The highest BCUT2D eigenvalue weighted by molar-refractivity contribution is 6.30. The van der Waals surface area contributed by atoms with Gasteiger partial charge < -0.3 is 5.73 Å². The predicted octanol–water partition coefficient (Wildman–Crippen LogP) is 2.34. The standard InChI is InChI=1S/C15H21ClN4/c1-12-14(15(16)19(2)18-12)11-20(9-8-17)10-13-6-4-3-5-7-13/h3-7H,8-11,17H2,1-2H3. The second-order valence-corrected chi connectivity index (χ2v) is 5.32. The van der Waals surface area contributed by atoms with Crippen LogP contribution in [0.25, 0.3) is 0 Å². The van der Waals surface area contributed by atoms with Gasteiger partial charge in [0.25, 0.3) is 0 Å². The van der Waals surface area contributed by atoms with E-state index < -0.39 is 0 Å². The number of halogens is 1. The lowest BCUT2D eigenvalue weighted by Gasteiger charge is -2.21. The summed E-state index contributed by atoms with van der Waals surface area (Å²) < 4.78 is 1.72. The van der Waals surface area contributed by atoms with E-state index in [1.165, 1.54) is 5.56 Å². The second kappa shape index (κ2) is 6.88. The number of nitrogens with zero attached hydrogens (tertiary/aromatic N) is 3. The number of hydrogen-bond acceptors (Lipinski definition) is 3. The SMILES string of the molecule is Cc1nn(C)c(Cl)c1CN(CCN)Cc1ccccc1. The Bertz CT molecular complexity index is 551. The zero-order valence-electron chi connectivity index (χ0n) is 12.0. The van der Waals surface area contributed by atoms with Crippen molar-refractivity contribution in [3.8, 4) is 0 Å². The number of hydrogen-bond donors (Lipinski definition) is 1. The third-order valence-corrected chi connectivity index (χ3v) is 3.82. The summed E-state index contributed by atoms with van der Waals surface area (Å²) in [5.41, 5.74) is 9.06. The summed E-state index contributed by atoms with van der Waals surface area (Å²) in [6, 6.07) is 10.4. The maximum absolute atomic E-state index is 6.30. The lowest BCUT2D eigenvalue weighted by Crippen LogP contribution is -2.29. The Morgan fingerprint density at radius 3 is 2.50 bits per heavy atom. The van der Waals surface area contributed by atoms with E-state index in [0.717, 1.165) is 30.9 Å². The largest absolute Gasteiger partial charge is 0.329 e. The van der Waals surface area contributed by atoms with E-state index in [1.807, 2.05) is 20.0 Å². The van der Waals surface area contributed by atoms with Crippen LogP contribution in [0.4, 0.5) is 0 Å². The van der Waals surface area contributed by atoms with Crippen LogP contribution in [0.15, 0.2) is 30.3 Å². The van der Waals surface area contributed by atoms with Crippen molar-refractivity contribution in [3.05, 3.63) is 52.3 Å². The molecule has 0 saturated heterocycles. The second-order valence-electron chi connectivity index (χ2n) is 4.96. The molecule has 0 atom stereocenters. The lowest BCUT2D eigenvalue weighted by molar-refractivity contribution is 0.264. The van der Waals surface area contributed by atoms with Gasteiger partial charge in [0.05, 0.1) is 5.69 Å². The first-order valence-corrected chi connectivity index (χ1v) is 7.14. The molecule has 0 aliphatic rings. The average molecular weight is 293 g/mol. The van der Waals surface area contributed by atoms with Gasteiger partial charge in [0.15, 0.2) is 0 Å². The summed E-state index contributed by atoms with van der Waals surface area (Å²) >= 11 is 6.30. The maximum Gasteiger partial charge on any atom is 0.131 e. The molecule has 0 radical (unpaired) electrons. The van der Waals surface area contributed by atoms with Crippen molar-refractivity contribution < 1.29 is 0 Å². The van der Waals surface area contributed by atoms with Crippen molar-refractivity contribution in [2.24, 2.45) is 12.8 Å². The van der Waals surface area contributed by atoms with Gasteiger partial charge in [-0.15, -0.1) is 0 Å². The normalized spacial score (nSPS) is 11.2. The topological polar surface area (TPSA) is 47.1 Å². The molecule has 2 rings (SSSR count). The Labute approximate surface area is 125 Å². The van der Waals surface area contributed by atoms with Crippen molar-refractivity contribution in [1.29, 1.82) is 0 Å². The van der Waals surface area contributed by atoms with Crippen molar-refractivity contribution >= 4 is 11.6 Å². The van der Waals surface area contributed by atoms with Gasteiger partial charge in [0.1, 0.15) is 5.15 Å². The quantitative estimate of drug-likeness (QED) is 0.889. The minimum atomic E-state index is 0.629. The van der Waals surface area contributed by atoms with E-state index >= 15 is 0 Å². The molecule has 1 aromatic carbocycles. The molecule has 0 fully saturated rings. The van der Waals surface area contributed by atoms with E-state index in [-0.39, 0.29) is 0 Å². The molecule has 0 amide bonds. The van der Waals surface area contributed by atoms with Gasteiger partial charge in [-0.3, -0.25) is 9.58 Å². The van der Waals surface area contributed by atoms with E-state index in [0.29, 0.717) is 11.7 Å². The fourth-order valence-corrected chi connectivity index (χ4v) is 2.55. The molecule has 4 nitrogen and oxygen atoms in total. The van der Waals surface area contributed by atoms with Gasteiger partial charge in [-0.1, -0.05) is 41.9 Å². The summed E-state index contributed by atoms with van der Waals surface area (Å²) in [5.74, 6) is 0. The fourth-order valence-electron chi connectivity index (χ4n) is 2.32. The van der Waals surface area contributed by atoms with Crippen LogP contribution in [0.3, 0.4) is 0 Å². The van der Waals surface area contributed by atoms with Crippen LogP contribution in [0, 0.1) is 6.92 Å². The Kier molecular flexibility index (Phi) is 5.17. The fraction of sp³-hybridized carbons (Fsp3) is 0.400. The predicted molar refractivity (Wildman–Crippen MR) is 82.6 cm³/mol. The molecular formula is C15H21ClN4. The van der Waals surface area contributed by atoms with E-state index in [2.05, 4.69) is 34.3 Å². The summed E-state index contributed by atoms with van der Waals surface area (Å²) in [7, 11) is 1.86. The van der Waals surface area contributed by atoms with E-state index in [9.17, 15) is 0 Å². The molecule has 108 valence electrons. The van der Waals surface area contributed by atoms with Crippen LogP contribution >= 0.6 is 11.6 Å². The van der Waals surface area contributed by atoms with Crippen LogP contribution in [-0.4, -0.2) is 27.8 Å². The summed E-state index contributed by atoms with van der Waals surface area (Å²) in [5, 5.41) is 5.06. The van der Waals surface area contributed by atoms with Crippen molar-refractivity contribution in [1.82, 2.24) is 14.7 Å². The van der Waals surface area contributed by atoms with Gasteiger partial charge >= 0.3 is 0 Å². The first-order chi connectivity index (χ1) is 9.61. The molecular weight excluding hydrogens is 272 g/mol. The number of benzene rings is 1. The first kappa shape index (κ1) is 15.0. The highest BCUT2D eigenvalue weighted by Crippen LogP contribution is 2.21. The Morgan fingerprint density at radius 2 is 1.95 bits per heavy atom.